The summed E-state index contributed by atoms with van der Waals surface area (Å²) in [6, 6.07) is 10.1. The molecule has 5 heteroatoms. The van der Waals surface area contributed by atoms with Crippen LogP contribution in [-0.4, -0.2) is 20.0 Å². The Kier molecular flexibility index (Phi) is 2.88. The van der Waals surface area contributed by atoms with Crippen LogP contribution in [0.5, 0.6) is 0 Å². The monoisotopic (exact) mass is 290 g/mol. The van der Waals surface area contributed by atoms with E-state index < -0.39 is 9.84 Å². The average Bonchev–Trinajstić information content (AvgIpc) is 2.88. The van der Waals surface area contributed by atoms with Crippen molar-refractivity contribution in [3.8, 4) is 0 Å². The molecule has 0 spiro atoms. The number of thiophene rings is 1. The minimum absolute atomic E-state index is 0.142. The molecule has 0 atom stereocenters. The first-order chi connectivity index (χ1) is 9.08. The Bertz CT molecular complexity index is 769. The fourth-order valence-electron chi connectivity index (χ4n) is 2.10. The molecule has 0 bridgehead atoms. The minimum Gasteiger partial charge on any atom is -0.289 e. The van der Waals surface area contributed by atoms with E-state index in [1.165, 1.54) is 17.4 Å². The van der Waals surface area contributed by atoms with Crippen molar-refractivity contribution in [1.29, 1.82) is 0 Å². The Labute approximate surface area is 115 Å². The van der Waals surface area contributed by atoms with E-state index in [1.807, 2.05) is 17.5 Å². The zero-order valence-corrected chi connectivity index (χ0v) is 11.5. The number of rotatable bonds is 1. The summed E-state index contributed by atoms with van der Waals surface area (Å²) in [7, 11) is -3.41. The molecule has 0 amide bonds. The number of carbonyl (C=O) groups excluding carboxylic acids is 1. The van der Waals surface area contributed by atoms with Crippen LogP contribution in [0.4, 0.5) is 0 Å². The van der Waals surface area contributed by atoms with Crippen LogP contribution in [0, 0.1) is 0 Å². The fraction of sp³-hybridized carbons (Fsp3) is 0.0714. The summed E-state index contributed by atoms with van der Waals surface area (Å²) in [6.45, 7) is 0. The molecule has 1 aromatic carbocycles. The van der Waals surface area contributed by atoms with E-state index in [1.54, 1.807) is 24.3 Å². The summed E-state index contributed by atoms with van der Waals surface area (Å²) in [6.07, 6.45) is 1.67. The van der Waals surface area contributed by atoms with Crippen LogP contribution in [0.3, 0.4) is 0 Å². The number of ketones is 1. The van der Waals surface area contributed by atoms with Gasteiger partial charge in [0, 0.05) is 16.0 Å². The third-order valence-electron chi connectivity index (χ3n) is 2.96. The quantitative estimate of drug-likeness (QED) is 0.759. The van der Waals surface area contributed by atoms with Gasteiger partial charge in [0.25, 0.3) is 0 Å². The SMILES string of the molecule is O=C1C(=Cc2cccs2)CS(=O)(=O)c2ccccc21. The number of carbonyl (C=O) groups is 1. The lowest BCUT2D eigenvalue weighted by atomic mass is 10.0. The van der Waals surface area contributed by atoms with Gasteiger partial charge in [-0.25, -0.2) is 8.42 Å². The van der Waals surface area contributed by atoms with E-state index in [9.17, 15) is 13.2 Å². The predicted octanol–water partition coefficient (Wildman–Crippen LogP) is 2.80. The van der Waals surface area contributed by atoms with Crippen molar-refractivity contribution < 1.29 is 13.2 Å². The van der Waals surface area contributed by atoms with Crippen LogP contribution < -0.4 is 0 Å². The fourth-order valence-corrected chi connectivity index (χ4v) is 4.34. The second kappa shape index (κ2) is 4.43. The summed E-state index contributed by atoms with van der Waals surface area (Å²) in [5.74, 6) is -0.417. The van der Waals surface area contributed by atoms with Crippen molar-refractivity contribution in [2.24, 2.45) is 0 Å². The maximum absolute atomic E-state index is 12.3. The second-order valence-corrected chi connectivity index (χ2v) is 7.21. The molecule has 1 aliphatic heterocycles. The summed E-state index contributed by atoms with van der Waals surface area (Å²) >= 11 is 1.48. The van der Waals surface area contributed by atoms with Crippen LogP contribution in [0.25, 0.3) is 6.08 Å². The lowest BCUT2D eigenvalue weighted by Crippen LogP contribution is -2.24. The minimum atomic E-state index is -3.41. The van der Waals surface area contributed by atoms with E-state index in [0.717, 1.165) is 4.88 Å². The molecule has 0 fully saturated rings. The maximum atomic E-state index is 12.3. The molecule has 3 nitrogen and oxygen atoms in total. The van der Waals surface area contributed by atoms with E-state index >= 15 is 0 Å². The van der Waals surface area contributed by atoms with E-state index in [4.69, 9.17) is 0 Å². The third-order valence-corrected chi connectivity index (χ3v) is 5.50. The van der Waals surface area contributed by atoms with Gasteiger partial charge in [-0.1, -0.05) is 18.2 Å². The number of sulfone groups is 1. The molecule has 96 valence electrons. The molecule has 3 rings (SSSR count). The molecule has 0 saturated heterocycles. The first kappa shape index (κ1) is 12.3. The average molecular weight is 290 g/mol. The normalized spacial score (nSPS) is 19.4. The number of Topliss-reactive ketones (excluding diaryl/α,β-unsaturated/α-hetero) is 1. The largest absolute Gasteiger partial charge is 0.289 e. The first-order valence-electron chi connectivity index (χ1n) is 5.68. The van der Waals surface area contributed by atoms with Crippen molar-refractivity contribution in [3.05, 3.63) is 57.8 Å². The second-order valence-electron chi connectivity index (χ2n) is 4.27. The molecule has 2 heterocycles. The lowest BCUT2D eigenvalue weighted by Gasteiger charge is -2.17. The highest BCUT2D eigenvalue weighted by Crippen LogP contribution is 2.29. The first-order valence-corrected chi connectivity index (χ1v) is 8.22. The van der Waals surface area contributed by atoms with Crippen molar-refractivity contribution >= 4 is 33.0 Å². The van der Waals surface area contributed by atoms with Gasteiger partial charge < -0.3 is 0 Å². The summed E-state index contributed by atoms with van der Waals surface area (Å²) in [5, 5.41) is 1.89. The predicted molar refractivity (Wildman–Crippen MR) is 75.1 cm³/mol. The highest BCUT2D eigenvalue weighted by Gasteiger charge is 2.32. The topological polar surface area (TPSA) is 51.2 Å². The van der Waals surface area contributed by atoms with Gasteiger partial charge in [0.1, 0.15) is 0 Å². The summed E-state index contributed by atoms with van der Waals surface area (Å²) in [4.78, 5) is 13.3. The van der Waals surface area contributed by atoms with Crippen molar-refractivity contribution in [2.45, 2.75) is 4.90 Å². The van der Waals surface area contributed by atoms with Gasteiger partial charge in [0.05, 0.1) is 10.6 Å². The number of benzene rings is 1. The van der Waals surface area contributed by atoms with Gasteiger partial charge >= 0.3 is 0 Å². The van der Waals surface area contributed by atoms with Crippen molar-refractivity contribution in [3.63, 3.8) is 0 Å². The molecule has 2 aromatic rings. The molecule has 0 saturated carbocycles. The Morgan fingerprint density at radius 1 is 1.11 bits per heavy atom. The van der Waals surface area contributed by atoms with E-state index in [2.05, 4.69) is 0 Å². The van der Waals surface area contributed by atoms with E-state index in [0.29, 0.717) is 5.57 Å². The van der Waals surface area contributed by atoms with E-state index in [-0.39, 0.29) is 22.0 Å². The maximum Gasteiger partial charge on any atom is 0.191 e. The molecule has 0 unspecified atom stereocenters. The number of hydrogen-bond acceptors (Lipinski definition) is 4. The number of hydrogen-bond donors (Lipinski definition) is 0. The van der Waals surface area contributed by atoms with Gasteiger partial charge in [-0.15, -0.1) is 11.3 Å². The zero-order valence-electron chi connectivity index (χ0n) is 9.87. The smallest absolute Gasteiger partial charge is 0.191 e. The molecule has 1 aromatic heterocycles. The Morgan fingerprint density at radius 2 is 1.89 bits per heavy atom. The van der Waals surface area contributed by atoms with Crippen LogP contribution in [0.15, 0.2) is 52.2 Å². The third kappa shape index (κ3) is 2.15. The summed E-state index contributed by atoms with van der Waals surface area (Å²) < 4.78 is 24.3. The van der Waals surface area contributed by atoms with Gasteiger partial charge in [0.15, 0.2) is 15.6 Å². The van der Waals surface area contributed by atoms with Gasteiger partial charge in [-0.2, -0.15) is 0 Å². The van der Waals surface area contributed by atoms with Crippen LogP contribution in [0.2, 0.25) is 0 Å². The van der Waals surface area contributed by atoms with Gasteiger partial charge in [0.2, 0.25) is 0 Å². The molecule has 19 heavy (non-hydrogen) atoms. The Hall–Kier alpha value is -1.72. The Balaban J connectivity index is 2.17. The molecular formula is C14H10O3S2. The molecule has 0 aliphatic carbocycles. The van der Waals surface area contributed by atoms with Crippen LogP contribution in [0.1, 0.15) is 15.2 Å². The Morgan fingerprint density at radius 3 is 2.63 bits per heavy atom. The van der Waals surface area contributed by atoms with Crippen molar-refractivity contribution in [2.75, 3.05) is 5.75 Å². The standard InChI is InChI=1S/C14H10O3S2/c15-14-10(8-11-4-3-7-18-11)9-19(16,17)13-6-2-1-5-12(13)14/h1-8H,9H2. The zero-order chi connectivity index (χ0) is 13.5. The summed E-state index contributed by atoms with van der Waals surface area (Å²) in [5.41, 5.74) is 0.609. The van der Waals surface area contributed by atoms with Crippen molar-refractivity contribution in [1.82, 2.24) is 0 Å². The lowest BCUT2D eigenvalue weighted by molar-refractivity contribution is 0.103. The highest BCUT2D eigenvalue weighted by molar-refractivity contribution is 7.91. The number of fused-ring (bicyclic) bond motifs is 1. The van der Waals surface area contributed by atoms with Crippen LogP contribution in [-0.2, 0) is 9.84 Å². The molecule has 0 radical (unpaired) electrons. The van der Waals surface area contributed by atoms with Gasteiger partial charge in [-0.3, -0.25) is 4.79 Å². The molecule has 0 N–H and O–H groups in total. The highest BCUT2D eigenvalue weighted by atomic mass is 32.2. The molecular weight excluding hydrogens is 280 g/mol. The van der Waals surface area contributed by atoms with Crippen LogP contribution >= 0.6 is 11.3 Å². The van der Waals surface area contributed by atoms with Gasteiger partial charge in [-0.05, 0) is 29.7 Å². The molecule has 1 aliphatic rings.